The Morgan fingerprint density at radius 1 is 1.03 bits per heavy atom. The van der Waals surface area contributed by atoms with E-state index in [2.05, 4.69) is 10.3 Å². The average Bonchev–Trinajstić information content (AvgIpc) is 3.15. The third-order valence-electron chi connectivity index (χ3n) is 4.43. The molecule has 2 aromatic carbocycles. The topological polar surface area (TPSA) is 64.0 Å². The van der Waals surface area contributed by atoms with Gasteiger partial charge in [0.2, 0.25) is 5.91 Å². The molecule has 1 N–H and O–H groups in total. The van der Waals surface area contributed by atoms with Gasteiger partial charge in [-0.1, -0.05) is 24.3 Å². The monoisotopic (exact) mass is 411 g/mol. The Morgan fingerprint density at radius 2 is 1.69 bits per heavy atom. The second kappa shape index (κ2) is 7.92. The van der Waals surface area contributed by atoms with Gasteiger partial charge in [0.1, 0.15) is 23.0 Å². The lowest BCUT2D eigenvalue weighted by atomic mass is 10.1. The van der Waals surface area contributed by atoms with E-state index in [-0.39, 0.29) is 36.2 Å². The average molecular weight is 411 g/mol. The lowest BCUT2D eigenvalue weighted by Crippen LogP contribution is -2.32. The summed E-state index contributed by atoms with van der Waals surface area (Å²) in [6.07, 6.45) is 1.34. The quantitative estimate of drug-likeness (QED) is 0.544. The van der Waals surface area contributed by atoms with E-state index in [0.29, 0.717) is 21.3 Å². The lowest BCUT2D eigenvalue weighted by molar-refractivity contribution is -0.121. The first-order valence-corrected chi connectivity index (χ1v) is 9.63. The summed E-state index contributed by atoms with van der Waals surface area (Å²) in [6, 6.07) is 11.7. The SMILES string of the molecule is O=C(Cn1cnc2scc(-c3ccc(F)cc3)c2c1=O)NCc1ccc(F)cc1. The number of fused-ring (bicyclic) bond motifs is 1. The second-order valence-corrected chi connectivity index (χ2v) is 7.28. The van der Waals surface area contributed by atoms with Crippen LogP contribution in [-0.4, -0.2) is 15.5 Å². The molecule has 0 unspecified atom stereocenters. The third-order valence-corrected chi connectivity index (χ3v) is 5.32. The molecule has 4 aromatic rings. The molecule has 146 valence electrons. The van der Waals surface area contributed by atoms with Crippen molar-refractivity contribution in [3.8, 4) is 11.1 Å². The number of carbonyl (C=O) groups is 1. The highest BCUT2D eigenvalue weighted by atomic mass is 32.1. The predicted molar refractivity (Wildman–Crippen MR) is 108 cm³/mol. The number of thiophene rings is 1. The van der Waals surface area contributed by atoms with Gasteiger partial charge in [0.25, 0.3) is 5.56 Å². The number of hydrogen-bond donors (Lipinski definition) is 1. The molecule has 2 heterocycles. The molecule has 0 radical (unpaired) electrons. The Morgan fingerprint density at radius 3 is 2.38 bits per heavy atom. The predicted octanol–water partition coefficient (Wildman–Crippen LogP) is 3.72. The molecule has 0 aliphatic carbocycles. The van der Waals surface area contributed by atoms with Crippen LogP contribution in [0, 0.1) is 11.6 Å². The molecule has 8 heteroatoms. The third kappa shape index (κ3) is 4.07. The maximum Gasteiger partial charge on any atom is 0.263 e. The van der Waals surface area contributed by atoms with Crippen molar-refractivity contribution in [3.05, 3.63) is 87.8 Å². The summed E-state index contributed by atoms with van der Waals surface area (Å²) in [5.74, 6) is -1.07. The zero-order valence-electron chi connectivity index (χ0n) is 15.1. The molecule has 0 atom stereocenters. The fourth-order valence-electron chi connectivity index (χ4n) is 2.94. The van der Waals surface area contributed by atoms with E-state index in [1.165, 1.54) is 46.5 Å². The van der Waals surface area contributed by atoms with Crippen LogP contribution in [0.2, 0.25) is 0 Å². The molecule has 2 aromatic heterocycles. The van der Waals surface area contributed by atoms with Crippen LogP contribution < -0.4 is 10.9 Å². The van der Waals surface area contributed by atoms with Crippen molar-refractivity contribution in [3.63, 3.8) is 0 Å². The van der Waals surface area contributed by atoms with Crippen molar-refractivity contribution in [1.82, 2.24) is 14.9 Å². The van der Waals surface area contributed by atoms with Gasteiger partial charge in [-0.3, -0.25) is 14.2 Å². The van der Waals surface area contributed by atoms with E-state index in [0.717, 1.165) is 5.56 Å². The molecule has 0 saturated heterocycles. The Balaban J connectivity index is 1.56. The van der Waals surface area contributed by atoms with Gasteiger partial charge in [-0.15, -0.1) is 11.3 Å². The molecular weight excluding hydrogens is 396 g/mol. The molecule has 0 spiro atoms. The number of rotatable bonds is 5. The number of benzene rings is 2. The minimum atomic E-state index is -0.365. The van der Waals surface area contributed by atoms with Gasteiger partial charge in [0, 0.05) is 17.5 Å². The zero-order chi connectivity index (χ0) is 20.4. The number of aromatic nitrogens is 2. The summed E-state index contributed by atoms with van der Waals surface area (Å²) in [6.45, 7) is 0.0322. The van der Waals surface area contributed by atoms with E-state index in [1.54, 1.807) is 29.6 Å². The van der Waals surface area contributed by atoms with Gasteiger partial charge in [0.05, 0.1) is 11.7 Å². The molecule has 0 aliphatic rings. The van der Waals surface area contributed by atoms with Crippen LogP contribution in [0.3, 0.4) is 0 Å². The summed E-state index contributed by atoms with van der Waals surface area (Å²) >= 11 is 1.31. The zero-order valence-corrected chi connectivity index (χ0v) is 15.9. The standard InChI is InChI=1S/C21H15F2N3O2S/c22-15-5-1-13(2-6-15)9-24-18(27)10-26-12-25-20-19(21(26)28)17(11-29-20)14-3-7-16(23)8-4-14/h1-8,11-12H,9-10H2,(H,24,27). The maximum atomic E-state index is 13.2. The van der Waals surface area contributed by atoms with Crippen LogP contribution in [0.1, 0.15) is 5.56 Å². The highest BCUT2D eigenvalue weighted by Crippen LogP contribution is 2.30. The van der Waals surface area contributed by atoms with Crippen molar-refractivity contribution in [2.75, 3.05) is 0 Å². The Bertz CT molecular complexity index is 1230. The van der Waals surface area contributed by atoms with Gasteiger partial charge >= 0.3 is 0 Å². The summed E-state index contributed by atoms with van der Waals surface area (Å²) < 4.78 is 27.4. The molecule has 0 fully saturated rings. The van der Waals surface area contributed by atoms with E-state index >= 15 is 0 Å². The molecule has 4 rings (SSSR count). The highest BCUT2D eigenvalue weighted by Gasteiger charge is 2.14. The Labute approximate surface area is 168 Å². The van der Waals surface area contributed by atoms with Crippen molar-refractivity contribution < 1.29 is 13.6 Å². The number of nitrogens with zero attached hydrogens (tertiary/aromatic N) is 2. The van der Waals surface area contributed by atoms with Gasteiger partial charge in [-0.05, 0) is 35.4 Å². The number of amides is 1. The van der Waals surface area contributed by atoms with Gasteiger partial charge in [-0.25, -0.2) is 13.8 Å². The van der Waals surface area contributed by atoms with E-state index in [1.807, 2.05) is 0 Å². The number of halogens is 2. The van der Waals surface area contributed by atoms with Gasteiger partial charge < -0.3 is 5.32 Å². The first-order valence-electron chi connectivity index (χ1n) is 8.75. The number of carbonyl (C=O) groups excluding carboxylic acids is 1. The molecule has 0 saturated carbocycles. The fourth-order valence-corrected chi connectivity index (χ4v) is 3.84. The lowest BCUT2D eigenvalue weighted by Gasteiger charge is -2.08. The summed E-state index contributed by atoms with van der Waals surface area (Å²) in [5.41, 5.74) is 1.77. The maximum absolute atomic E-state index is 13.2. The largest absolute Gasteiger partial charge is 0.350 e. The Hall–Kier alpha value is -3.39. The minimum absolute atomic E-state index is 0.193. The highest BCUT2D eigenvalue weighted by molar-refractivity contribution is 7.17. The van der Waals surface area contributed by atoms with Gasteiger partial charge in [-0.2, -0.15) is 0 Å². The molecule has 1 amide bonds. The van der Waals surface area contributed by atoms with E-state index < -0.39 is 0 Å². The molecule has 0 bridgehead atoms. The Kier molecular flexibility index (Phi) is 5.18. The van der Waals surface area contributed by atoms with Crippen molar-refractivity contribution in [1.29, 1.82) is 0 Å². The van der Waals surface area contributed by atoms with Crippen LogP contribution >= 0.6 is 11.3 Å². The fraction of sp³-hybridized carbons (Fsp3) is 0.0952. The molecular formula is C21H15F2N3O2S. The van der Waals surface area contributed by atoms with Crippen LogP contribution in [0.15, 0.2) is 65.0 Å². The van der Waals surface area contributed by atoms with Crippen molar-refractivity contribution >= 4 is 27.5 Å². The summed E-state index contributed by atoms with van der Waals surface area (Å²) in [4.78, 5) is 30.0. The second-order valence-electron chi connectivity index (χ2n) is 6.42. The summed E-state index contributed by atoms with van der Waals surface area (Å²) in [5, 5.41) is 4.90. The normalized spacial score (nSPS) is 11.0. The van der Waals surface area contributed by atoms with Crippen LogP contribution in [0.5, 0.6) is 0 Å². The van der Waals surface area contributed by atoms with Crippen molar-refractivity contribution in [2.45, 2.75) is 13.1 Å². The van der Waals surface area contributed by atoms with Crippen LogP contribution in [-0.2, 0) is 17.9 Å². The number of nitrogens with one attached hydrogen (secondary N) is 1. The van der Waals surface area contributed by atoms with E-state index in [9.17, 15) is 18.4 Å². The minimum Gasteiger partial charge on any atom is -0.350 e. The van der Waals surface area contributed by atoms with Crippen LogP contribution in [0.4, 0.5) is 8.78 Å². The first-order chi connectivity index (χ1) is 14.0. The molecule has 5 nitrogen and oxygen atoms in total. The van der Waals surface area contributed by atoms with E-state index in [4.69, 9.17) is 0 Å². The smallest absolute Gasteiger partial charge is 0.263 e. The first kappa shape index (κ1) is 18.9. The van der Waals surface area contributed by atoms with Crippen molar-refractivity contribution in [2.24, 2.45) is 0 Å². The number of hydrogen-bond acceptors (Lipinski definition) is 4. The molecule has 0 aliphatic heterocycles. The molecule has 29 heavy (non-hydrogen) atoms. The van der Waals surface area contributed by atoms with Gasteiger partial charge in [0.15, 0.2) is 0 Å². The summed E-state index contributed by atoms with van der Waals surface area (Å²) in [7, 11) is 0. The van der Waals surface area contributed by atoms with Crippen LogP contribution in [0.25, 0.3) is 21.3 Å².